The molecule has 1 fully saturated rings. The number of carbonyl (C=O) groups is 1. The summed E-state index contributed by atoms with van der Waals surface area (Å²) in [6.45, 7) is 2.73. The number of hydrogen-bond donors (Lipinski definition) is 3. The molecule has 0 unspecified atom stereocenters. The Labute approximate surface area is 123 Å². The summed E-state index contributed by atoms with van der Waals surface area (Å²) < 4.78 is 0. The predicted octanol–water partition coefficient (Wildman–Crippen LogP) is 2.77. The first-order valence-corrected chi connectivity index (χ1v) is 8.22. The topological polar surface area (TPSA) is 74.2 Å². The van der Waals surface area contributed by atoms with Crippen molar-refractivity contribution >= 4 is 22.5 Å². The van der Waals surface area contributed by atoms with Crippen LogP contribution in [-0.2, 0) is 6.42 Å². The lowest BCUT2D eigenvalue weighted by molar-refractivity contribution is 0.101. The zero-order chi connectivity index (χ0) is 14.4. The highest BCUT2D eigenvalue weighted by atomic mass is 32.1. The molecule has 1 aliphatic rings. The first kappa shape index (κ1) is 15.3. The molecule has 3 N–H and O–H groups in total. The van der Waals surface area contributed by atoms with Gasteiger partial charge in [-0.3, -0.25) is 5.32 Å². The Morgan fingerprint density at radius 2 is 2.40 bits per heavy atom. The van der Waals surface area contributed by atoms with Gasteiger partial charge in [-0.25, -0.2) is 9.78 Å². The van der Waals surface area contributed by atoms with Gasteiger partial charge in [0.2, 0.25) is 0 Å². The molecule has 0 bridgehead atoms. The smallest absolute Gasteiger partial charge is 0.321 e. The number of aromatic nitrogens is 1. The molecule has 5 nitrogen and oxygen atoms in total. The molecule has 1 heterocycles. The van der Waals surface area contributed by atoms with Gasteiger partial charge in [-0.05, 0) is 31.6 Å². The van der Waals surface area contributed by atoms with Gasteiger partial charge in [0.1, 0.15) is 0 Å². The Morgan fingerprint density at radius 1 is 1.55 bits per heavy atom. The van der Waals surface area contributed by atoms with Crippen LogP contribution in [-0.4, -0.2) is 28.8 Å². The highest BCUT2D eigenvalue weighted by Gasteiger charge is 2.20. The second-order valence-electron chi connectivity index (χ2n) is 5.42. The molecule has 2 rings (SSSR count). The molecule has 1 aliphatic carbocycles. The third kappa shape index (κ3) is 4.76. The number of nitrogens with zero attached hydrogens (tertiary/aromatic N) is 1. The number of nitrogens with one attached hydrogen (secondary N) is 2. The van der Waals surface area contributed by atoms with Crippen molar-refractivity contribution < 1.29 is 9.90 Å². The van der Waals surface area contributed by atoms with Gasteiger partial charge < -0.3 is 10.4 Å². The maximum atomic E-state index is 11.8. The van der Waals surface area contributed by atoms with Gasteiger partial charge in [0.15, 0.2) is 5.13 Å². The second kappa shape index (κ2) is 7.59. The van der Waals surface area contributed by atoms with Crippen molar-refractivity contribution in [2.24, 2.45) is 5.92 Å². The number of carbonyl (C=O) groups excluding carboxylic acids is 1. The quantitative estimate of drug-likeness (QED) is 0.782. The van der Waals surface area contributed by atoms with Crippen molar-refractivity contribution in [2.45, 2.75) is 51.6 Å². The Hall–Kier alpha value is -1.14. The van der Waals surface area contributed by atoms with Crippen molar-refractivity contribution in [3.05, 3.63) is 11.1 Å². The van der Waals surface area contributed by atoms with E-state index in [1.807, 2.05) is 5.38 Å². The fraction of sp³-hybridized carbons (Fsp3) is 0.714. The number of aliphatic hydroxyl groups is 1. The van der Waals surface area contributed by atoms with E-state index in [1.165, 1.54) is 11.3 Å². The van der Waals surface area contributed by atoms with E-state index < -0.39 is 0 Å². The number of urea groups is 1. The van der Waals surface area contributed by atoms with Crippen LogP contribution in [0.5, 0.6) is 0 Å². The molecule has 0 spiro atoms. The minimum Gasteiger partial charge on any atom is -0.393 e. The Balaban J connectivity index is 1.71. The van der Waals surface area contributed by atoms with Gasteiger partial charge in [0.25, 0.3) is 0 Å². The number of anilines is 1. The molecule has 0 aromatic carbocycles. The van der Waals surface area contributed by atoms with Crippen LogP contribution in [0.4, 0.5) is 9.93 Å². The van der Waals surface area contributed by atoms with E-state index in [0.29, 0.717) is 17.6 Å². The van der Waals surface area contributed by atoms with Crippen LogP contribution < -0.4 is 10.6 Å². The average molecular weight is 297 g/mol. The summed E-state index contributed by atoms with van der Waals surface area (Å²) in [5.41, 5.74) is 1.03. The van der Waals surface area contributed by atoms with Crippen molar-refractivity contribution in [3.8, 4) is 0 Å². The van der Waals surface area contributed by atoms with Crippen LogP contribution >= 0.6 is 11.3 Å². The molecule has 6 heteroatoms. The summed E-state index contributed by atoms with van der Waals surface area (Å²) in [5, 5.41) is 17.9. The predicted molar refractivity (Wildman–Crippen MR) is 81.1 cm³/mol. The molecular formula is C14H23N3O2S. The Bertz CT molecular complexity index is 436. The molecule has 0 aliphatic heterocycles. The Kier molecular flexibility index (Phi) is 5.79. The SMILES string of the molecule is CCCc1csc(NC(=O)NC[C@H]2CCC[C@@H](O)C2)n1. The molecule has 1 aromatic heterocycles. The van der Waals surface area contributed by atoms with Crippen LogP contribution in [0.3, 0.4) is 0 Å². The number of aryl methyl sites for hydroxylation is 1. The molecule has 1 aromatic rings. The summed E-state index contributed by atoms with van der Waals surface area (Å²) >= 11 is 1.46. The average Bonchev–Trinajstić information content (AvgIpc) is 2.84. The molecule has 20 heavy (non-hydrogen) atoms. The lowest BCUT2D eigenvalue weighted by Gasteiger charge is -2.25. The number of thiazole rings is 1. The lowest BCUT2D eigenvalue weighted by Crippen LogP contribution is -2.35. The molecule has 2 atom stereocenters. The van der Waals surface area contributed by atoms with Gasteiger partial charge in [-0.15, -0.1) is 11.3 Å². The molecule has 112 valence electrons. The van der Waals surface area contributed by atoms with Gasteiger partial charge in [0, 0.05) is 11.9 Å². The monoisotopic (exact) mass is 297 g/mol. The normalized spacial score (nSPS) is 22.5. The van der Waals surface area contributed by atoms with Crippen LogP contribution in [0.15, 0.2) is 5.38 Å². The largest absolute Gasteiger partial charge is 0.393 e. The second-order valence-corrected chi connectivity index (χ2v) is 6.27. The van der Waals surface area contributed by atoms with Crippen LogP contribution in [0.25, 0.3) is 0 Å². The van der Waals surface area contributed by atoms with Crippen LogP contribution in [0.2, 0.25) is 0 Å². The van der Waals surface area contributed by atoms with Gasteiger partial charge in [-0.2, -0.15) is 0 Å². The summed E-state index contributed by atoms with van der Waals surface area (Å²) in [6, 6.07) is -0.206. The standard InChI is InChI=1S/C14H23N3O2S/c1-2-4-11-9-20-14(16-11)17-13(19)15-8-10-5-3-6-12(18)7-10/h9-10,12,18H,2-8H2,1H3,(H2,15,16,17,19)/t10-,12+/m0/s1. The summed E-state index contributed by atoms with van der Waals surface area (Å²) in [6.07, 6.45) is 5.60. The summed E-state index contributed by atoms with van der Waals surface area (Å²) in [5.74, 6) is 0.386. The van der Waals surface area contributed by atoms with E-state index >= 15 is 0 Å². The van der Waals surface area contributed by atoms with E-state index in [4.69, 9.17) is 0 Å². The van der Waals surface area contributed by atoms with Gasteiger partial charge >= 0.3 is 6.03 Å². The third-order valence-corrected chi connectivity index (χ3v) is 4.39. The fourth-order valence-corrected chi connectivity index (χ4v) is 3.30. The molecule has 0 saturated heterocycles. The van der Waals surface area contributed by atoms with Crippen LogP contribution in [0, 0.1) is 5.92 Å². The van der Waals surface area contributed by atoms with Crippen molar-refractivity contribution in [1.29, 1.82) is 0 Å². The van der Waals surface area contributed by atoms with E-state index in [9.17, 15) is 9.90 Å². The van der Waals surface area contributed by atoms with Crippen LogP contribution in [0.1, 0.15) is 44.7 Å². The number of amides is 2. The molecular weight excluding hydrogens is 274 g/mol. The summed E-state index contributed by atoms with van der Waals surface area (Å²) in [4.78, 5) is 16.1. The molecule has 2 amide bonds. The minimum atomic E-state index is -0.206. The first-order chi connectivity index (χ1) is 9.67. The first-order valence-electron chi connectivity index (χ1n) is 7.34. The molecule has 0 radical (unpaired) electrons. The minimum absolute atomic E-state index is 0.200. The maximum absolute atomic E-state index is 11.8. The molecule has 1 saturated carbocycles. The van der Waals surface area contributed by atoms with Crippen molar-refractivity contribution in [3.63, 3.8) is 0 Å². The highest BCUT2D eigenvalue weighted by molar-refractivity contribution is 7.13. The zero-order valence-corrected chi connectivity index (χ0v) is 12.7. The Morgan fingerprint density at radius 3 is 3.15 bits per heavy atom. The number of aliphatic hydroxyl groups excluding tert-OH is 1. The maximum Gasteiger partial charge on any atom is 0.321 e. The van der Waals surface area contributed by atoms with E-state index in [1.54, 1.807) is 0 Å². The van der Waals surface area contributed by atoms with E-state index in [0.717, 1.165) is 44.2 Å². The number of hydrogen-bond acceptors (Lipinski definition) is 4. The van der Waals surface area contributed by atoms with Gasteiger partial charge in [-0.1, -0.05) is 19.8 Å². The van der Waals surface area contributed by atoms with E-state index in [-0.39, 0.29) is 12.1 Å². The number of rotatable bonds is 5. The fourth-order valence-electron chi connectivity index (χ4n) is 2.56. The van der Waals surface area contributed by atoms with Crippen molar-refractivity contribution in [1.82, 2.24) is 10.3 Å². The zero-order valence-electron chi connectivity index (χ0n) is 11.9. The van der Waals surface area contributed by atoms with Gasteiger partial charge in [0.05, 0.1) is 11.8 Å². The van der Waals surface area contributed by atoms with E-state index in [2.05, 4.69) is 22.5 Å². The lowest BCUT2D eigenvalue weighted by atomic mass is 9.87. The highest BCUT2D eigenvalue weighted by Crippen LogP contribution is 2.23. The van der Waals surface area contributed by atoms with Crippen molar-refractivity contribution in [2.75, 3.05) is 11.9 Å². The third-order valence-electron chi connectivity index (χ3n) is 3.58. The summed E-state index contributed by atoms with van der Waals surface area (Å²) in [7, 11) is 0.